The highest BCUT2D eigenvalue weighted by Gasteiger charge is 2.33. The summed E-state index contributed by atoms with van der Waals surface area (Å²) in [5, 5.41) is 0. The average molecular weight is 324 g/mol. The Morgan fingerprint density at radius 1 is 1.14 bits per heavy atom. The first-order valence-electron chi connectivity index (χ1n) is 8.79. The SMILES string of the molecule is CCCCOc1ccc(CCC2CN3CCC2CC3)cc1.Cl. The van der Waals surface area contributed by atoms with E-state index < -0.39 is 0 Å². The highest BCUT2D eigenvalue weighted by atomic mass is 35.5. The Balaban J connectivity index is 0.00000176. The summed E-state index contributed by atoms with van der Waals surface area (Å²) in [6.07, 6.45) is 7.80. The van der Waals surface area contributed by atoms with Crippen LogP contribution < -0.4 is 4.74 Å². The lowest BCUT2D eigenvalue weighted by Crippen LogP contribution is -2.47. The van der Waals surface area contributed by atoms with E-state index in [2.05, 4.69) is 36.1 Å². The third-order valence-electron chi connectivity index (χ3n) is 5.29. The highest BCUT2D eigenvalue weighted by molar-refractivity contribution is 5.85. The highest BCUT2D eigenvalue weighted by Crippen LogP contribution is 2.34. The van der Waals surface area contributed by atoms with Crippen LogP contribution in [-0.2, 0) is 6.42 Å². The zero-order valence-corrected chi connectivity index (χ0v) is 14.6. The summed E-state index contributed by atoms with van der Waals surface area (Å²) in [5.74, 6) is 2.97. The molecule has 3 heteroatoms. The van der Waals surface area contributed by atoms with Gasteiger partial charge in [0.15, 0.2) is 0 Å². The molecule has 1 unspecified atom stereocenters. The van der Waals surface area contributed by atoms with Crippen LogP contribution in [0, 0.1) is 11.8 Å². The van der Waals surface area contributed by atoms with Crippen LogP contribution in [0.15, 0.2) is 24.3 Å². The van der Waals surface area contributed by atoms with Gasteiger partial charge < -0.3 is 9.64 Å². The van der Waals surface area contributed by atoms with Gasteiger partial charge in [-0.15, -0.1) is 12.4 Å². The first-order valence-corrected chi connectivity index (χ1v) is 8.79. The number of halogens is 1. The van der Waals surface area contributed by atoms with Crippen LogP contribution in [0.1, 0.15) is 44.6 Å². The fourth-order valence-corrected chi connectivity index (χ4v) is 3.85. The van der Waals surface area contributed by atoms with E-state index in [0.717, 1.165) is 30.6 Å². The second kappa shape index (κ2) is 8.79. The second-order valence-corrected chi connectivity index (χ2v) is 6.78. The molecule has 1 atom stereocenters. The summed E-state index contributed by atoms with van der Waals surface area (Å²) in [6.45, 7) is 7.09. The molecule has 0 N–H and O–H groups in total. The lowest BCUT2D eigenvalue weighted by molar-refractivity contribution is 0.0469. The Bertz CT molecular complexity index is 426. The van der Waals surface area contributed by atoms with Gasteiger partial charge in [0.25, 0.3) is 0 Å². The standard InChI is InChI=1S/C19H29NO.ClH/c1-2-3-14-21-19-8-5-16(6-9-19)4-7-18-15-20-12-10-17(18)11-13-20;/h5-6,8-9,17-18H,2-4,7,10-15H2,1H3;1H. The molecule has 3 saturated heterocycles. The number of hydrogen-bond acceptors (Lipinski definition) is 2. The molecule has 1 aromatic rings. The van der Waals surface area contributed by atoms with Gasteiger partial charge in [-0.2, -0.15) is 0 Å². The quantitative estimate of drug-likeness (QED) is 0.682. The van der Waals surface area contributed by atoms with Crippen LogP contribution >= 0.6 is 12.4 Å². The Kier molecular flexibility index (Phi) is 7.04. The number of ether oxygens (including phenoxy) is 1. The van der Waals surface area contributed by atoms with E-state index in [0.29, 0.717) is 0 Å². The van der Waals surface area contributed by atoms with Crippen molar-refractivity contribution in [3.05, 3.63) is 29.8 Å². The fourth-order valence-electron chi connectivity index (χ4n) is 3.85. The molecular formula is C19H30ClNO. The molecule has 2 bridgehead atoms. The molecule has 2 nitrogen and oxygen atoms in total. The van der Waals surface area contributed by atoms with Crippen molar-refractivity contribution in [1.82, 2.24) is 4.90 Å². The summed E-state index contributed by atoms with van der Waals surface area (Å²) in [7, 11) is 0. The maximum atomic E-state index is 5.73. The molecule has 3 fully saturated rings. The molecular weight excluding hydrogens is 294 g/mol. The number of hydrogen-bond donors (Lipinski definition) is 0. The van der Waals surface area contributed by atoms with Crippen molar-refractivity contribution in [3.63, 3.8) is 0 Å². The van der Waals surface area contributed by atoms with Crippen molar-refractivity contribution in [1.29, 1.82) is 0 Å². The van der Waals surface area contributed by atoms with Crippen LogP contribution in [0.25, 0.3) is 0 Å². The minimum Gasteiger partial charge on any atom is -0.494 e. The smallest absolute Gasteiger partial charge is 0.119 e. The maximum absolute atomic E-state index is 5.73. The van der Waals surface area contributed by atoms with Crippen LogP contribution in [0.2, 0.25) is 0 Å². The molecule has 3 aliphatic heterocycles. The van der Waals surface area contributed by atoms with Crippen molar-refractivity contribution in [2.75, 3.05) is 26.2 Å². The normalized spacial score (nSPS) is 26.5. The number of benzene rings is 1. The summed E-state index contributed by atoms with van der Waals surface area (Å²) in [6, 6.07) is 8.79. The van der Waals surface area contributed by atoms with Gasteiger partial charge in [-0.05, 0) is 74.7 Å². The van der Waals surface area contributed by atoms with Crippen molar-refractivity contribution in [2.45, 2.75) is 45.4 Å². The third-order valence-corrected chi connectivity index (χ3v) is 5.29. The van der Waals surface area contributed by atoms with Crippen molar-refractivity contribution in [2.24, 2.45) is 11.8 Å². The van der Waals surface area contributed by atoms with E-state index >= 15 is 0 Å². The third kappa shape index (κ3) is 4.63. The summed E-state index contributed by atoms with van der Waals surface area (Å²) >= 11 is 0. The van der Waals surface area contributed by atoms with Crippen molar-refractivity contribution >= 4 is 12.4 Å². The van der Waals surface area contributed by atoms with Crippen LogP contribution in [0.3, 0.4) is 0 Å². The van der Waals surface area contributed by atoms with E-state index in [1.165, 1.54) is 57.3 Å². The van der Waals surface area contributed by atoms with E-state index in [-0.39, 0.29) is 12.4 Å². The fraction of sp³-hybridized carbons (Fsp3) is 0.684. The van der Waals surface area contributed by atoms with Gasteiger partial charge in [-0.1, -0.05) is 25.5 Å². The number of rotatable bonds is 7. The average Bonchev–Trinajstić information content (AvgIpc) is 2.55. The van der Waals surface area contributed by atoms with Gasteiger partial charge in [0.05, 0.1) is 6.61 Å². The molecule has 0 amide bonds. The molecule has 0 radical (unpaired) electrons. The molecule has 0 spiro atoms. The minimum atomic E-state index is 0. The zero-order chi connectivity index (χ0) is 14.5. The largest absolute Gasteiger partial charge is 0.494 e. The molecule has 0 aromatic heterocycles. The monoisotopic (exact) mass is 323 g/mol. The Labute approximate surface area is 141 Å². The number of nitrogens with zero attached hydrogens (tertiary/aromatic N) is 1. The summed E-state index contributed by atoms with van der Waals surface area (Å²) < 4.78 is 5.73. The van der Waals surface area contributed by atoms with Crippen LogP contribution in [-0.4, -0.2) is 31.1 Å². The van der Waals surface area contributed by atoms with Crippen LogP contribution in [0.5, 0.6) is 5.75 Å². The molecule has 0 aliphatic carbocycles. The predicted octanol–water partition coefficient (Wildman–Crippen LogP) is 4.56. The van der Waals surface area contributed by atoms with Gasteiger partial charge in [-0.3, -0.25) is 0 Å². The Hall–Kier alpha value is -0.730. The van der Waals surface area contributed by atoms with Gasteiger partial charge in [-0.25, -0.2) is 0 Å². The summed E-state index contributed by atoms with van der Waals surface area (Å²) in [5.41, 5.74) is 1.47. The van der Waals surface area contributed by atoms with Crippen molar-refractivity contribution < 1.29 is 4.74 Å². The van der Waals surface area contributed by atoms with Crippen LogP contribution in [0.4, 0.5) is 0 Å². The number of aryl methyl sites for hydroxylation is 1. The van der Waals surface area contributed by atoms with Gasteiger partial charge in [0, 0.05) is 6.54 Å². The Morgan fingerprint density at radius 3 is 2.45 bits per heavy atom. The number of piperidine rings is 3. The molecule has 4 rings (SSSR count). The lowest BCUT2D eigenvalue weighted by Gasteiger charge is -2.45. The molecule has 3 aliphatic rings. The number of unbranched alkanes of at least 4 members (excludes halogenated alkanes) is 1. The number of fused-ring (bicyclic) bond motifs is 3. The Morgan fingerprint density at radius 2 is 1.86 bits per heavy atom. The molecule has 1 aromatic carbocycles. The summed E-state index contributed by atoms with van der Waals surface area (Å²) in [4.78, 5) is 2.66. The minimum absolute atomic E-state index is 0. The molecule has 0 saturated carbocycles. The lowest BCUT2D eigenvalue weighted by atomic mass is 9.76. The molecule has 3 heterocycles. The second-order valence-electron chi connectivity index (χ2n) is 6.78. The van der Waals surface area contributed by atoms with E-state index in [1.54, 1.807) is 0 Å². The molecule has 22 heavy (non-hydrogen) atoms. The van der Waals surface area contributed by atoms with E-state index in [4.69, 9.17) is 4.74 Å². The van der Waals surface area contributed by atoms with E-state index in [9.17, 15) is 0 Å². The first-order chi connectivity index (χ1) is 10.3. The van der Waals surface area contributed by atoms with E-state index in [1.807, 2.05) is 0 Å². The zero-order valence-electron chi connectivity index (χ0n) is 13.8. The van der Waals surface area contributed by atoms with Gasteiger partial charge >= 0.3 is 0 Å². The topological polar surface area (TPSA) is 12.5 Å². The van der Waals surface area contributed by atoms with Gasteiger partial charge in [0.1, 0.15) is 5.75 Å². The molecule has 124 valence electrons. The predicted molar refractivity (Wildman–Crippen MR) is 95.1 cm³/mol. The maximum Gasteiger partial charge on any atom is 0.119 e. The van der Waals surface area contributed by atoms with Crippen molar-refractivity contribution in [3.8, 4) is 5.75 Å². The van der Waals surface area contributed by atoms with Gasteiger partial charge in [0.2, 0.25) is 0 Å². The first kappa shape index (κ1) is 17.6.